The van der Waals surface area contributed by atoms with Crippen molar-refractivity contribution in [3.05, 3.63) is 83.9 Å². The molecule has 4 nitrogen and oxygen atoms in total. The van der Waals surface area contributed by atoms with Gasteiger partial charge in [0, 0.05) is 12.2 Å². The number of carbonyl (C=O) groups is 2. The third kappa shape index (κ3) is 7.06. The zero-order chi connectivity index (χ0) is 28.9. The van der Waals surface area contributed by atoms with Gasteiger partial charge in [0.2, 0.25) is 0 Å². The van der Waals surface area contributed by atoms with E-state index in [4.69, 9.17) is 9.47 Å². The lowest BCUT2D eigenvalue weighted by atomic mass is 9.64. The van der Waals surface area contributed by atoms with Gasteiger partial charge in [-0.3, -0.25) is 0 Å². The maximum absolute atomic E-state index is 13.0. The van der Waals surface area contributed by atoms with E-state index in [1.165, 1.54) is 23.3 Å². The molecule has 40 heavy (non-hydrogen) atoms. The van der Waals surface area contributed by atoms with E-state index in [-0.39, 0.29) is 23.0 Å². The predicted molar refractivity (Wildman–Crippen MR) is 161 cm³/mol. The summed E-state index contributed by atoms with van der Waals surface area (Å²) in [6.45, 7) is 13.3. The van der Waals surface area contributed by atoms with Crippen LogP contribution in [-0.2, 0) is 29.9 Å². The Morgan fingerprint density at radius 1 is 0.675 bits per heavy atom. The van der Waals surface area contributed by atoms with Crippen LogP contribution in [0.4, 0.5) is 0 Å². The van der Waals surface area contributed by atoms with E-state index in [2.05, 4.69) is 90.1 Å². The molecule has 0 N–H and O–H groups in total. The summed E-state index contributed by atoms with van der Waals surface area (Å²) in [5.74, 6) is 0.471. The molecule has 2 aliphatic rings. The third-order valence-corrected chi connectivity index (χ3v) is 9.86. The van der Waals surface area contributed by atoms with Crippen molar-refractivity contribution in [3.63, 3.8) is 0 Å². The monoisotopic (exact) mass is 544 g/mol. The lowest BCUT2D eigenvalue weighted by Gasteiger charge is -2.44. The van der Waals surface area contributed by atoms with Crippen molar-refractivity contribution in [1.29, 1.82) is 0 Å². The van der Waals surface area contributed by atoms with E-state index < -0.39 is 11.9 Å². The lowest BCUT2D eigenvalue weighted by Crippen LogP contribution is -2.42. The van der Waals surface area contributed by atoms with Crippen molar-refractivity contribution in [2.45, 2.75) is 103 Å². The summed E-state index contributed by atoms with van der Waals surface area (Å²) in [6.07, 6.45) is 7.84. The Morgan fingerprint density at radius 3 is 1.35 bits per heavy atom. The van der Waals surface area contributed by atoms with Crippen LogP contribution in [0.15, 0.2) is 72.8 Å². The lowest BCUT2D eigenvalue weighted by molar-refractivity contribution is -0.153. The van der Waals surface area contributed by atoms with Crippen molar-refractivity contribution in [1.82, 2.24) is 0 Å². The Balaban J connectivity index is 1.41. The van der Waals surface area contributed by atoms with Gasteiger partial charge in [0.05, 0.1) is 0 Å². The van der Waals surface area contributed by atoms with Gasteiger partial charge < -0.3 is 9.47 Å². The molecule has 6 unspecified atom stereocenters. The van der Waals surface area contributed by atoms with Gasteiger partial charge >= 0.3 is 11.9 Å². The van der Waals surface area contributed by atoms with E-state index in [0.717, 1.165) is 38.5 Å². The number of benzene rings is 2. The van der Waals surface area contributed by atoms with E-state index in [1.807, 2.05) is 12.1 Å². The molecule has 4 rings (SSSR count). The summed E-state index contributed by atoms with van der Waals surface area (Å²) in [4.78, 5) is 25.9. The molecule has 4 heteroatoms. The van der Waals surface area contributed by atoms with E-state index in [9.17, 15) is 9.59 Å². The second-order valence-corrected chi connectivity index (χ2v) is 13.4. The zero-order valence-corrected chi connectivity index (χ0v) is 25.3. The minimum Gasteiger partial charge on any atom is -0.459 e. The third-order valence-electron chi connectivity index (χ3n) is 9.86. The summed E-state index contributed by atoms with van der Waals surface area (Å²) in [6, 6.07) is 21.0. The topological polar surface area (TPSA) is 52.6 Å². The average molecular weight is 545 g/mol. The number of hydrogen-bond acceptors (Lipinski definition) is 4. The quantitative estimate of drug-likeness (QED) is 0.248. The first-order valence-electron chi connectivity index (χ1n) is 15.2. The molecule has 2 fully saturated rings. The van der Waals surface area contributed by atoms with Crippen LogP contribution in [0.5, 0.6) is 0 Å². The van der Waals surface area contributed by atoms with Gasteiger partial charge in [-0.05, 0) is 84.2 Å². The number of esters is 2. The SMILES string of the molecule is CC(C)C1CCC(C)(c2ccccc2)CC1OC(=O)/C=C\C(=O)OC1CC(C)(c2ccccc2)CCC1C(C)C. The van der Waals surface area contributed by atoms with Crippen molar-refractivity contribution in [2.75, 3.05) is 0 Å². The maximum atomic E-state index is 13.0. The smallest absolute Gasteiger partial charge is 0.331 e. The summed E-state index contributed by atoms with van der Waals surface area (Å²) in [7, 11) is 0. The van der Waals surface area contributed by atoms with E-state index in [0.29, 0.717) is 23.7 Å². The fourth-order valence-corrected chi connectivity index (χ4v) is 7.24. The molecule has 2 saturated carbocycles. The van der Waals surface area contributed by atoms with Gasteiger partial charge in [0.25, 0.3) is 0 Å². The number of hydrogen-bond donors (Lipinski definition) is 0. The molecule has 0 spiro atoms. The molecule has 2 aromatic rings. The van der Waals surface area contributed by atoms with Gasteiger partial charge in [0.15, 0.2) is 0 Å². The van der Waals surface area contributed by atoms with Gasteiger partial charge in [-0.1, -0.05) is 102 Å². The van der Waals surface area contributed by atoms with Gasteiger partial charge in [0.1, 0.15) is 12.2 Å². The van der Waals surface area contributed by atoms with Crippen LogP contribution in [0.2, 0.25) is 0 Å². The predicted octanol–water partition coefficient (Wildman–Crippen LogP) is 8.19. The Hall–Kier alpha value is -2.88. The molecule has 6 atom stereocenters. The highest BCUT2D eigenvalue weighted by Gasteiger charge is 2.43. The standard InChI is InChI=1S/C36H48O4/c1-25(2)29-19-21-35(5,27-13-9-7-10-14-27)23-31(29)39-33(37)17-18-34(38)40-32-24-36(6,22-20-30(32)26(3)4)28-15-11-8-12-16-28/h7-18,25-26,29-32H,19-24H2,1-6H3/b18-17-. The molecule has 216 valence electrons. The van der Waals surface area contributed by atoms with Gasteiger partial charge in [-0.25, -0.2) is 9.59 Å². The first kappa shape index (κ1) is 30.1. The van der Waals surface area contributed by atoms with E-state index in [1.54, 1.807) is 0 Å². The van der Waals surface area contributed by atoms with Crippen LogP contribution in [-0.4, -0.2) is 24.1 Å². The fourth-order valence-electron chi connectivity index (χ4n) is 7.24. The largest absolute Gasteiger partial charge is 0.459 e. The van der Waals surface area contributed by atoms with Crippen LogP contribution < -0.4 is 0 Å². The maximum Gasteiger partial charge on any atom is 0.331 e. The van der Waals surface area contributed by atoms with Crippen molar-refractivity contribution in [3.8, 4) is 0 Å². The van der Waals surface area contributed by atoms with Crippen LogP contribution in [0.3, 0.4) is 0 Å². The molecule has 0 radical (unpaired) electrons. The van der Waals surface area contributed by atoms with Crippen LogP contribution in [0.25, 0.3) is 0 Å². The van der Waals surface area contributed by atoms with Gasteiger partial charge in [-0.15, -0.1) is 0 Å². The molecule has 0 aliphatic heterocycles. The normalized spacial score (nSPS) is 30.9. The highest BCUT2D eigenvalue weighted by Crippen LogP contribution is 2.46. The summed E-state index contributed by atoms with van der Waals surface area (Å²) >= 11 is 0. The highest BCUT2D eigenvalue weighted by atomic mass is 16.5. The Morgan fingerprint density at radius 2 is 1.02 bits per heavy atom. The minimum absolute atomic E-state index is 0.0432. The molecule has 2 aliphatic carbocycles. The first-order chi connectivity index (χ1) is 19.0. The highest BCUT2D eigenvalue weighted by molar-refractivity contribution is 5.91. The Bertz CT molecular complexity index is 1060. The van der Waals surface area contributed by atoms with Crippen molar-refractivity contribution >= 4 is 11.9 Å². The molecule has 0 bridgehead atoms. The second-order valence-electron chi connectivity index (χ2n) is 13.4. The Kier molecular flexibility index (Phi) is 9.59. The molecule has 0 amide bonds. The molecule has 0 heterocycles. The van der Waals surface area contributed by atoms with Crippen molar-refractivity contribution in [2.24, 2.45) is 23.7 Å². The summed E-state index contributed by atoms with van der Waals surface area (Å²) < 4.78 is 12.1. The summed E-state index contributed by atoms with van der Waals surface area (Å²) in [5.41, 5.74) is 2.48. The number of carbonyl (C=O) groups excluding carboxylic acids is 2. The van der Waals surface area contributed by atoms with E-state index >= 15 is 0 Å². The first-order valence-corrected chi connectivity index (χ1v) is 15.2. The van der Waals surface area contributed by atoms with Crippen LogP contribution in [0, 0.1) is 23.7 Å². The average Bonchev–Trinajstić information content (AvgIpc) is 2.93. The van der Waals surface area contributed by atoms with Gasteiger partial charge in [-0.2, -0.15) is 0 Å². The zero-order valence-electron chi connectivity index (χ0n) is 25.3. The summed E-state index contributed by atoms with van der Waals surface area (Å²) in [5, 5.41) is 0. The number of rotatable bonds is 8. The fraction of sp³-hybridized carbons (Fsp3) is 0.556. The molecular formula is C36H48O4. The number of ether oxygens (including phenoxy) is 2. The molecule has 2 aromatic carbocycles. The minimum atomic E-state index is -0.469. The Labute approximate surface area is 241 Å². The van der Waals surface area contributed by atoms with Crippen LogP contribution in [0.1, 0.15) is 91.2 Å². The second kappa shape index (κ2) is 12.7. The van der Waals surface area contributed by atoms with Crippen LogP contribution >= 0.6 is 0 Å². The molecule has 0 aromatic heterocycles. The van der Waals surface area contributed by atoms with Crippen molar-refractivity contribution < 1.29 is 19.1 Å². The molecular weight excluding hydrogens is 496 g/mol. The molecule has 0 saturated heterocycles.